The predicted octanol–water partition coefficient (Wildman–Crippen LogP) is 4.74. The fraction of sp³-hybridized carbons (Fsp3) is 0.423. The number of piperidine rings is 1. The van der Waals surface area contributed by atoms with Gasteiger partial charge in [-0.15, -0.1) is 0 Å². The van der Waals surface area contributed by atoms with Crippen LogP contribution >= 0.6 is 23.2 Å². The molecule has 2 aliphatic rings. The molecule has 1 amide bonds. The van der Waals surface area contributed by atoms with E-state index in [-0.39, 0.29) is 41.0 Å². The molecule has 1 atom stereocenters. The molecule has 1 aromatic heterocycles. The molecule has 3 heterocycles. The Morgan fingerprint density at radius 1 is 1.19 bits per heavy atom. The van der Waals surface area contributed by atoms with Crippen LogP contribution in [0.25, 0.3) is 10.9 Å². The Labute approximate surface area is 218 Å². The van der Waals surface area contributed by atoms with Gasteiger partial charge in [-0.1, -0.05) is 23.2 Å². The molecule has 2 aliphatic heterocycles. The molecule has 190 valence electrons. The molecule has 0 spiro atoms. The van der Waals surface area contributed by atoms with E-state index in [2.05, 4.69) is 27.2 Å². The van der Waals surface area contributed by atoms with Gasteiger partial charge < -0.3 is 20.1 Å². The Morgan fingerprint density at radius 2 is 1.94 bits per heavy atom. The first-order valence-corrected chi connectivity index (χ1v) is 12.9. The summed E-state index contributed by atoms with van der Waals surface area (Å²) >= 11 is 12.6. The highest BCUT2D eigenvalue weighted by Crippen LogP contribution is 2.37. The van der Waals surface area contributed by atoms with Crippen LogP contribution in [0.1, 0.15) is 48.7 Å². The van der Waals surface area contributed by atoms with Gasteiger partial charge >= 0.3 is 0 Å². The largest absolute Gasteiger partial charge is 0.374 e. The Balaban J connectivity index is 1.34. The summed E-state index contributed by atoms with van der Waals surface area (Å²) in [5.41, 5.74) is 2.12. The maximum Gasteiger partial charge on any atom is 0.258 e. The normalized spacial score (nSPS) is 18.9. The number of carbonyl (C=O) groups excluding carboxylic acids is 1. The number of carbonyl (C=O) groups is 1. The molecule has 0 saturated carbocycles. The second-order valence-electron chi connectivity index (χ2n) is 9.70. The van der Waals surface area contributed by atoms with Gasteiger partial charge in [0.05, 0.1) is 29.2 Å². The van der Waals surface area contributed by atoms with Crippen molar-refractivity contribution in [2.45, 2.75) is 38.1 Å². The third-order valence-corrected chi connectivity index (χ3v) is 7.89. The van der Waals surface area contributed by atoms with E-state index in [0.717, 1.165) is 37.1 Å². The number of nitrogens with zero attached hydrogens (tertiary/aromatic N) is 3. The highest BCUT2D eigenvalue weighted by atomic mass is 35.5. The van der Waals surface area contributed by atoms with Gasteiger partial charge in [-0.05, 0) is 81.7 Å². The van der Waals surface area contributed by atoms with Crippen molar-refractivity contribution in [1.29, 1.82) is 0 Å². The first kappa shape index (κ1) is 25.0. The molecule has 0 aliphatic carbocycles. The molecular weight excluding hydrogens is 504 g/mol. The van der Waals surface area contributed by atoms with Gasteiger partial charge in [0.25, 0.3) is 5.56 Å². The zero-order chi connectivity index (χ0) is 25.6. The zero-order valence-corrected chi connectivity index (χ0v) is 21.7. The van der Waals surface area contributed by atoms with E-state index in [4.69, 9.17) is 23.2 Å². The summed E-state index contributed by atoms with van der Waals surface area (Å²) in [4.78, 5) is 37.2. The molecule has 5 rings (SSSR count). The van der Waals surface area contributed by atoms with Crippen molar-refractivity contribution < 1.29 is 9.18 Å². The smallest absolute Gasteiger partial charge is 0.258 e. The monoisotopic (exact) mass is 531 g/mol. The fourth-order valence-corrected chi connectivity index (χ4v) is 6.00. The van der Waals surface area contributed by atoms with Crippen molar-refractivity contribution in [2.75, 3.05) is 38.5 Å². The van der Waals surface area contributed by atoms with Crippen LogP contribution in [0.2, 0.25) is 10.0 Å². The maximum atomic E-state index is 14.9. The minimum absolute atomic E-state index is 0.0989. The molecule has 1 unspecified atom stereocenters. The van der Waals surface area contributed by atoms with Crippen molar-refractivity contribution >= 4 is 45.7 Å². The van der Waals surface area contributed by atoms with Crippen molar-refractivity contribution in [1.82, 2.24) is 19.8 Å². The minimum Gasteiger partial charge on any atom is -0.374 e. The number of hydrogen-bond acceptors (Lipinski definition) is 5. The van der Waals surface area contributed by atoms with Crippen LogP contribution in [0.4, 0.5) is 10.1 Å². The lowest BCUT2D eigenvalue weighted by Crippen LogP contribution is -2.42. The lowest BCUT2D eigenvalue weighted by molar-refractivity contribution is -0.131. The number of amides is 1. The first-order valence-electron chi connectivity index (χ1n) is 12.1. The van der Waals surface area contributed by atoms with Gasteiger partial charge in [-0.2, -0.15) is 0 Å². The van der Waals surface area contributed by atoms with Gasteiger partial charge in [-0.25, -0.2) is 9.37 Å². The van der Waals surface area contributed by atoms with Crippen molar-refractivity contribution in [3.8, 4) is 0 Å². The summed E-state index contributed by atoms with van der Waals surface area (Å²) in [5, 5.41) is 4.22. The van der Waals surface area contributed by atoms with Gasteiger partial charge in [0.1, 0.15) is 11.6 Å². The number of nitrogens with one attached hydrogen (secondary N) is 2. The molecule has 7 nitrogen and oxygen atoms in total. The Kier molecular flexibility index (Phi) is 6.94. The molecule has 0 bridgehead atoms. The Bertz CT molecular complexity index is 1390. The first-order chi connectivity index (χ1) is 17.2. The van der Waals surface area contributed by atoms with E-state index in [1.54, 1.807) is 11.0 Å². The number of H-pyrrole nitrogens is 1. The van der Waals surface area contributed by atoms with E-state index in [1.807, 2.05) is 13.0 Å². The SMILES string of the molecule is CC1c2c(Cl)cc(Cl)cc2CCN1C(=O)CNc1cc2nc(C3CCN(C)CC3)[nH]c(=O)c2cc1F. The van der Waals surface area contributed by atoms with E-state index >= 15 is 0 Å². The van der Waals surface area contributed by atoms with Gasteiger partial charge in [-0.3, -0.25) is 9.59 Å². The molecule has 1 saturated heterocycles. The van der Waals surface area contributed by atoms with E-state index < -0.39 is 5.82 Å². The predicted molar refractivity (Wildman–Crippen MR) is 141 cm³/mol. The number of aromatic nitrogens is 2. The summed E-state index contributed by atoms with van der Waals surface area (Å²) in [5.74, 6) is 0.00690. The lowest BCUT2D eigenvalue weighted by Gasteiger charge is -2.36. The molecular formula is C26H28Cl2FN5O2. The van der Waals surface area contributed by atoms with Crippen LogP contribution in [0, 0.1) is 5.82 Å². The number of hydrogen-bond donors (Lipinski definition) is 2. The molecule has 3 aromatic rings. The molecule has 10 heteroatoms. The quantitative estimate of drug-likeness (QED) is 0.508. The Hall–Kier alpha value is -2.68. The molecule has 0 radical (unpaired) electrons. The number of likely N-dealkylation sites (tertiary alicyclic amines) is 1. The third-order valence-electron chi connectivity index (χ3n) is 7.36. The number of halogens is 3. The average molecular weight is 532 g/mol. The zero-order valence-electron chi connectivity index (χ0n) is 20.2. The summed E-state index contributed by atoms with van der Waals surface area (Å²) in [6.45, 7) is 4.21. The number of rotatable bonds is 4. The van der Waals surface area contributed by atoms with Crippen LogP contribution in [0.3, 0.4) is 0 Å². The van der Waals surface area contributed by atoms with E-state index in [9.17, 15) is 14.0 Å². The average Bonchev–Trinajstić information content (AvgIpc) is 2.83. The summed E-state index contributed by atoms with van der Waals surface area (Å²) < 4.78 is 14.9. The maximum absolute atomic E-state index is 14.9. The third kappa shape index (κ3) is 4.82. The summed E-state index contributed by atoms with van der Waals surface area (Å²) in [6, 6.07) is 6.03. The Morgan fingerprint density at radius 3 is 2.69 bits per heavy atom. The second kappa shape index (κ2) is 10.00. The molecule has 1 fully saturated rings. The van der Waals surface area contributed by atoms with E-state index in [0.29, 0.717) is 34.4 Å². The number of anilines is 1. The van der Waals surface area contributed by atoms with Gasteiger partial charge in [0, 0.05) is 22.5 Å². The minimum atomic E-state index is -0.607. The molecule has 2 N–H and O–H groups in total. The van der Waals surface area contributed by atoms with E-state index in [1.165, 1.54) is 12.1 Å². The lowest BCUT2D eigenvalue weighted by atomic mass is 9.93. The fourth-order valence-electron chi connectivity index (χ4n) is 5.30. The number of benzene rings is 2. The standard InChI is InChI=1S/C26H28Cl2FN5O2/c1-14-24-16(9-17(27)10-19(24)28)5-8-34(14)23(35)13-30-22-12-21-18(11-20(22)29)26(36)32-25(31-21)15-3-6-33(2)7-4-15/h9-12,14-15,30H,3-8,13H2,1-2H3,(H,31,32,36). The highest BCUT2D eigenvalue weighted by Gasteiger charge is 2.30. The van der Waals surface area contributed by atoms with Crippen molar-refractivity contribution in [2.24, 2.45) is 0 Å². The van der Waals surface area contributed by atoms with Crippen LogP contribution < -0.4 is 10.9 Å². The molecule has 36 heavy (non-hydrogen) atoms. The summed E-state index contributed by atoms with van der Waals surface area (Å²) in [6.07, 6.45) is 2.45. The van der Waals surface area contributed by atoms with Crippen LogP contribution in [0.5, 0.6) is 0 Å². The van der Waals surface area contributed by atoms with Gasteiger partial charge in [0.2, 0.25) is 5.91 Å². The molecule has 2 aromatic carbocycles. The highest BCUT2D eigenvalue weighted by molar-refractivity contribution is 6.35. The van der Waals surface area contributed by atoms with Crippen molar-refractivity contribution in [3.05, 3.63) is 67.4 Å². The number of aromatic amines is 1. The van der Waals surface area contributed by atoms with Crippen LogP contribution in [-0.2, 0) is 11.2 Å². The van der Waals surface area contributed by atoms with Gasteiger partial charge in [0.15, 0.2) is 0 Å². The van der Waals surface area contributed by atoms with Crippen LogP contribution in [0.15, 0.2) is 29.1 Å². The topological polar surface area (TPSA) is 81.3 Å². The van der Waals surface area contributed by atoms with Crippen molar-refractivity contribution in [3.63, 3.8) is 0 Å². The second-order valence-corrected chi connectivity index (χ2v) is 10.5. The summed E-state index contributed by atoms with van der Waals surface area (Å²) in [7, 11) is 2.07. The van der Waals surface area contributed by atoms with Crippen LogP contribution in [-0.4, -0.2) is 58.9 Å². The number of fused-ring (bicyclic) bond motifs is 2.